The number of hydrogen-bond acceptors (Lipinski definition) is 3. The maximum absolute atomic E-state index is 13.5. The topological polar surface area (TPSA) is 76.0 Å². The molecule has 0 unspecified atom stereocenters. The van der Waals surface area contributed by atoms with E-state index in [4.69, 9.17) is 0 Å². The molecule has 0 fully saturated rings. The van der Waals surface area contributed by atoms with E-state index in [0.29, 0.717) is 5.56 Å². The molecule has 30 heavy (non-hydrogen) atoms. The van der Waals surface area contributed by atoms with Gasteiger partial charge in [0.05, 0.1) is 16.9 Å². The van der Waals surface area contributed by atoms with Crippen LogP contribution in [0.2, 0.25) is 0 Å². The lowest BCUT2D eigenvalue weighted by atomic mass is 10.1. The van der Waals surface area contributed by atoms with Gasteiger partial charge in [0.15, 0.2) is 0 Å². The summed E-state index contributed by atoms with van der Waals surface area (Å²) in [6, 6.07) is 12.1. The second-order valence-corrected chi connectivity index (χ2v) is 6.55. The van der Waals surface area contributed by atoms with Crippen LogP contribution in [0.1, 0.15) is 27.9 Å². The Morgan fingerprint density at radius 3 is 2.53 bits per heavy atom. The van der Waals surface area contributed by atoms with Crippen molar-refractivity contribution >= 4 is 17.5 Å². The van der Waals surface area contributed by atoms with Crippen molar-refractivity contribution in [2.45, 2.75) is 19.5 Å². The molecule has 0 aliphatic rings. The third-order valence-electron chi connectivity index (χ3n) is 4.38. The van der Waals surface area contributed by atoms with Crippen molar-refractivity contribution in [3.63, 3.8) is 0 Å². The maximum Gasteiger partial charge on any atom is 0.418 e. The molecule has 2 N–H and O–H groups in total. The first-order valence-electron chi connectivity index (χ1n) is 9.10. The predicted molar refractivity (Wildman–Crippen MR) is 105 cm³/mol. The molecule has 0 aliphatic carbocycles. The fourth-order valence-electron chi connectivity index (χ4n) is 2.86. The number of halogens is 3. The number of nitrogens with zero attached hydrogens (tertiary/aromatic N) is 2. The quantitative estimate of drug-likeness (QED) is 0.639. The number of rotatable bonds is 6. The van der Waals surface area contributed by atoms with Crippen LogP contribution in [-0.4, -0.2) is 28.1 Å². The predicted octanol–water partition coefficient (Wildman–Crippen LogP) is 3.96. The lowest BCUT2D eigenvalue weighted by molar-refractivity contribution is -0.137. The Labute approximate surface area is 170 Å². The van der Waals surface area contributed by atoms with E-state index in [1.165, 1.54) is 29.2 Å². The SMILES string of the molecule is Cc1ccccc1C(=O)NCCC(=O)Nc1ccc(-n2cccn2)cc1C(F)(F)F. The van der Waals surface area contributed by atoms with E-state index in [-0.39, 0.29) is 30.2 Å². The molecule has 2 amide bonds. The largest absolute Gasteiger partial charge is 0.418 e. The molecule has 3 rings (SSSR count). The van der Waals surface area contributed by atoms with E-state index in [0.717, 1.165) is 11.6 Å². The maximum atomic E-state index is 13.5. The zero-order chi connectivity index (χ0) is 21.7. The van der Waals surface area contributed by atoms with E-state index in [9.17, 15) is 22.8 Å². The molecule has 3 aromatic rings. The van der Waals surface area contributed by atoms with Crippen molar-refractivity contribution in [1.29, 1.82) is 0 Å². The summed E-state index contributed by atoms with van der Waals surface area (Å²) >= 11 is 0. The van der Waals surface area contributed by atoms with Crippen LogP contribution in [0.5, 0.6) is 0 Å². The molecule has 0 aliphatic heterocycles. The normalized spacial score (nSPS) is 11.2. The molecule has 156 valence electrons. The van der Waals surface area contributed by atoms with E-state index >= 15 is 0 Å². The molecule has 6 nitrogen and oxygen atoms in total. The fraction of sp³-hybridized carbons (Fsp3) is 0.190. The van der Waals surface area contributed by atoms with Crippen LogP contribution < -0.4 is 10.6 Å². The van der Waals surface area contributed by atoms with Crippen molar-refractivity contribution in [1.82, 2.24) is 15.1 Å². The summed E-state index contributed by atoms with van der Waals surface area (Å²) in [7, 11) is 0. The van der Waals surface area contributed by atoms with Gasteiger partial charge in [0, 0.05) is 30.9 Å². The number of amides is 2. The molecular formula is C21H19F3N4O2. The summed E-state index contributed by atoms with van der Waals surface area (Å²) < 4.78 is 41.7. The van der Waals surface area contributed by atoms with Crippen LogP contribution in [0.3, 0.4) is 0 Å². The molecule has 0 bridgehead atoms. The van der Waals surface area contributed by atoms with Gasteiger partial charge in [-0.1, -0.05) is 18.2 Å². The molecule has 0 saturated heterocycles. The first kappa shape index (κ1) is 21.1. The van der Waals surface area contributed by atoms with E-state index < -0.39 is 17.6 Å². The molecule has 9 heteroatoms. The average Bonchev–Trinajstić information content (AvgIpc) is 3.22. The first-order chi connectivity index (χ1) is 14.3. The number of anilines is 1. The number of carbonyl (C=O) groups is 2. The van der Waals surface area contributed by atoms with Crippen molar-refractivity contribution in [2.24, 2.45) is 0 Å². The second kappa shape index (κ2) is 8.81. The number of aryl methyl sites for hydroxylation is 1. The summed E-state index contributed by atoms with van der Waals surface area (Å²) in [4.78, 5) is 24.3. The van der Waals surface area contributed by atoms with Crippen LogP contribution in [-0.2, 0) is 11.0 Å². The van der Waals surface area contributed by atoms with Gasteiger partial charge in [-0.25, -0.2) is 4.68 Å². The highest BCUT2D eigenvalue weighted by atomic mass is 19.4. The van der Waals surface area contributed by atoms with Gasteiger partial charge in [-0.2, -0.15) is 18.3 Å². The highest BCUT2D eigenvalue weighted by Crippen LogP contribution is 2.36. The van der Waals surface area contributed by atoms with Crippen LogP contribution in [0.15, 0.2) is 60.9 Å². The Balaban J connectivity index is 1.64. The summed E-state index contributed by atoms with van der Waals surface area (Å²) in [5.41, 5.74) is 0.148. The van der Waals surface area contributed by atoms with Crippen molar-refractivity contribution in [2.75, 3.05) is 11.9 Å². The minimum Gasteiger partial charge on any atom is -0.352 e. The van der Waals surface area contributed by atoms with E-state index in [1.807, 2.05) is 0 Å². The van der Waals surface area contributed by atoms with Gasteiger partial charge in [0.25, 0.3) is 5.91 Å². The standard InChI is InChI=1S/C21H19F3N4O2/c1-14-5-2-3-6-16(14)20(30)25-11-9-19(29)27-18-8-7-15(28-12-4-10-26-28)13-17(18)21(22,23)24/h2-8,10,12-13H,9,11H2,1H3,(H,25,30)(H,27,29). The van der Waals surface area contributed by atoms with Crippen LogP contribution in [0.4, 0.5) is 18.9 Å². The van der Waals surface area contributed by atoms with Gasteiger partial charge in [-0.3, -0.25) is 9.59 Å². The zero-order valence-corrected chi connectivity index (χ0v) is 16.0. The van der Waals surface area contributed by atoms with E-state index in [1.54, 1.807) is 37.3 Å². The number of aromatic nitrogens is 2. The first-order valence-corrected chi connectivity index (χ1v) is 9.10. The molecule has 1 aromatic heterocycles. The molecular weight excluding hydrogens is 397 g/mol. The van der Waals surface area contributed by atoms with Crippen molar-refractivity contribution in [3.05, 3.63) is 77.6 Å². The summed E-state index contributed by atoms with van der Waals surface area (Å²) in [6.07, 6.45) is -1.86. The minimum atomic E-state index is -4.66. The Morgan fingerprint density at radius 1 is 1.10 bits per heavy atom. The second-order valence-electron chi connectivity index (χ2n) is 6.55. The molecule has 0 radical (unpaired) electrons. The molecule has 0 saturated carbocycles. The Kier molecular flexibility index (Phi) is 6.20. The fourth-order valence-corrected chi connectivity index (χ4v) is 2.86. The zero-order valence-electron chi connectivity index (χ0n) is 16.0. The molecule has 2 aromatic carbocycles. The number of carbonyl (C=O) groups excluding carboxylic acids is 2. The number of benzene rings is 2. The number of alkyl halides is 3. The Hall–Kier alpha value is -3.62. The minimum absolute atomic E-state index is 0.00821. The van der Waals surface area contributed by atoms with E-state index in [2.05, 4.69) is 15.7 Å². The lowest BCUT2D eigenvalue weighted by Crippen LogP contribution is -2.28. The van der Waals surface area contributed by atoms with Gasteiger partial charge in [0.2, 0.25) is 5.91 Å². The van der Waals surface area contributed by atoms with Crippen molar-refractivity contribution < 1.29 is 22.8 Å². The van der Waals surface area contributed by atoms with Gasteiger partial charge >= 0.3 is 6.18 Å². The highest BCUT2D eigenvalue weighted by Gasteiger charge is 2.34. The average molecular weight is 416 g/mol. The monoisotopic (exact) mass is 416 g/mol. The number of nitrogens with one attached hydrogen (secondary N) is 2. The third kappa shape index (κ3) is 5.05. The summed E-state index contributed by atoms with van der Waals surface area (Å²) in [6.45, 7) is 1.78. The van der Waals surface area contributed by atoms with Crippen LogP contribution in [0, 0.1) is 6.92 Å². The number of hydrogen-bond donors (Lipinski definition) is 2. The van der Waals surface area contributed by atoms with Crippen LogP contribution in [0.25, 0.3) is 5.69 Å². The molecule has 0 spiro atoms. The summed E-state index contributed by atoms with van der Waals surface area (Å²) in [5.74, 6) is -0.988. The van der Waals surface area contributed by atoms with Gasteiger partial charge in [-0.15, -0.1) is 0 Å². The Morgan fingerprint density at radius 2 is 1.87 bits per heavy atom. The molecule has 1 heterocycles. The van der Waals surface area contributed by atoms with Gasteiger partial charge in [0.1, 0.15) is 0 Å². The summed E-state index contributed by atoms with van der Waals surface area (Å²) in [5, 5.41) is 8.78. The van der Waals surface area contributed by atoms with Gasteiger partial charge < -0.3 is 10.6 Å². The van der Waals surface area contributed by atoms with Gasteiger partial charge in [-0.05, 0) is 42.8 Å². The van der Waals surface area contributed by atoms with Crippen molar-refractivity contribution in [3.8, 4) is 5.69 Å². The lowest BCUT2D eigenvalue weighted by Gasteiger charge is -2.15. The van der Waals surface area contributed by atoms with Crippen LogP contribution >= 0.6 is 0 Å². The third-order valence-corrected chi connectivity index (χ3v) is 4.38. The Bertz CT molecular complexity index is 1050. The smallest absolute Gasteiger partial charge is 0.352 e. The molecule has 0 atom stereocenters. The highest BCUT2D eigenvalue weighted by molar-refractivity contribution is 5.96.